The first kappa shape index (κ1) is 18.2. The van der Waals surface area contributed by atoms with Crippen LogP contribution in [0.3, 0.4) is 0 Å². The van der Waals surface area contributed by atoms with Crippen molar-refractivity contribution in [1.29, 1.82) is 0 Å². The van der Waals surface area contributed by atoms with Crippen LogP contribution in [0.2, 0.25) is 0 Å². The van der Waals surface area contributed by atoms with Gasteiger partial charge in [-0.25, -0.2) is 0 Å². The predicted molar refractivity (Wildman–Crippen MR) is 93.6 cm³/mol. The molecule has 3 heterocycles. The van der Waals surface area contributed by atoms with Gasteiger partial charge in [0.25, 0.3) is 0 Å². The molecule has 0 radical (unpaired) electrons. The van der Waals surface area contributed by atoms with Gasteiger partial charge < -0.3 is 10.2 Å². The molecule has 23 heavy (non-hydrogen) atoms. The third kappa shape index (κ3) is 5.44. The summed E-state index contributed by atoms with van der Waals surface area (Å²) in [7, 11) is 0. The number of aromatic nitrogens is 1. The molecular formula is C17H27ClN4O. The van der Waals surface area contributed by atoms with E-state index in [0.29, 0.717) is 18.4 Å². The zero-order valence-corrected chi connectivity index (χ0v) is 14.4. The van der Waals surface area contributed by atoms with Gasteiger partial charge in [0.2, 0.25) is 5.91 Å². The summed E-state index contributed by atoms with van der Waals surface area (Å²) in [4.78, 5) is 20.9. The van der Waals surface area contributed by atoms with Crippen molar-refractivity contribution >= 4 is 18.3 Å². The van der Waals surface area contributed by atoms with Crippen LogP contribution < -0.4 is 5.32 Å². The second kappa shape index (κ2) is 9.21. The van der Waals surface area contributed by atoms with Crippen LogP contribution in [0.5, 0.6) is 0 Å². The van der Waals surface area contributed by atoms with Gasteiger partial charge in [-0.2, -0.15) is 0 Å². The maximum atomic E-state index is 12.3. The lowest BCUT2D eigenvalue weighted by atomic mass is 10.1. The van der Waals surface area contributed by atoms with Gasteiger partial charge >= 0.3 is 0 Å². The molecule has 1 unspecified atom stereocenters. The molecule has 2 fully saturated rings. The summed E-state index contributed by atoms with van der Waals surface area (Å²) >= 11 is 0. The monoisotopic (exact) mass is 338 g/mol. The lowest BCUT2D eigenvalue weighted by Crippen LogP contribution is -2.48. The van der Waals surface area contributed by atoms with Gasteiger partial charge in [0.15, 0.2) is 0 Å². The lowest BCUT2D eigenvalue weighted by molar-refractivity contribution is -0.133. The number of hydrogen-bond acceptors (Lipinski definition) is 4. The number of rotatable bonds is 5. The average molecular weight is 339 g/mol. The van der Waals surface area contributed by atoms with Crippen LogP contribution in [0.4, 0.5) is 0 Å². The summed E-state index contributed by atoms with van der Waals surface area (Å²) in [6.07, 6.45) is 7.90. The highest BCUT2D eigenvalue weighted by molar-refractivity contribution is 5.85. The highest BCUT2D eigenvalue weighted by Gasteiger charge is 2.22. The van der Waals surface area contributed by atoms with Crippen LogP contribution in [0.1, 0.15) is 31.2 Å². The third-order valence-electron chi connectivity index (χ3n) is 4.72. The minimum absolute atomic E-state index is 0. The highest BCUT2D eigenvalue weighted by atomic mass is 35.5. The molecule has 5 nitrogen and oxygen atoms in total. The van der Waals surface area contributed by atoms with Crippen molar-refractivity contribution in [1.82, 2.24) is 20.1 Å². The number of amides is 1. The van der Waals surface area contributed by atoms with E-state index in [1.165, 1.54) is 18.4 Å². The molecular weight excluding hydrogens is 312 g/mol. The SMILES string of the molecule is Cl.O=C(CCC1CCCN1)N1CCN(Cc2cccnc2)CC1. The minimum atomic E-state index is 0. The molecule has 6 heteroatoms. The summed E-state index contributed by atoms with van der Waals surface area (Å²) < 4.78 is 0. The number of hydrogen-bond donors (Lipinski definition) is 1. The topological polar surface area (TPSA) is 48.5 Å². The molecule has 1 aromatic heterocycles. The summed E-state index contributed by atoms with van der Waals surface area (Å²) in [5.41, 5.74) is 1.24. The van der Waals surface area contributed by atoms with E-state index in [9.17, 15) is 4.79 Å². The Morgan fingerprint density at radius 1 is 1.30 bits per heavy atom. The van der Waals surface area contributed by atoms with Crippen LogP contribution in [-0.4, -0.2) is 59.5 Å². The van der Waals surface area contributed by atoms with Crippen LogP contribution in [-0.2, 0) is 11.3 Å². The van der Waals surface area contributed by atoms with Gasteiger partial charge in [-0.05, 0) is 37.4 Å². The molecule has 2 aliphatic heterocycles. The molecule has 1 aromatic rings. The van der Waals surface area contributed by atoms with Crippen molar-refractivity contribution in [2.75, 3.05) is 32.7 Å². The molecule has 0 aliphatic carbocycles. The van der Waals surface area contributed by atoms with E-state index in [4.69, 9.17) is 0 Å². The normalized spacial score (nSPS) is 21.9. The highest BCUT2D eigenvalue weighted by Crippen LogP contribution is 2.13. The zero-order chi connectivity index (χ0) is 15.2. The number of piperazine rings is 1. The van der Waals surface area contributed by atoms with Crippen molar-refractivity contribution in [3.63, 3.8) is 0 Å². The lowest BCUT2D eigenvalue weighted by Gasteiger charge is -2.35. The van der Waals surface area contributed by atoms with Gasteiger partial charge in [-0.1, -0.05) is 6.07 Å². The van der Waals surface area contributed by atoms with E-state index in [1.807, 2.05) is 17.2 Å². The Morgan fingerprint density at radius 2 is 2.13 bits per heavy atom. The summed E-state index contributed by atoms with van der Waals surface area (Å²) in [5, 5.41) is 3.46. The van der Waals surface area contributed by atoms with E-state index in [0.717, 1.165) is 45.7 Å². The van der Waals surface area contributed by atoms with Crippen molar-refractivity contribution in [2.24, 2.45) is 0 Å². The first-order valence-electron chi connectivity index (χ1n) is 8.44. The minimum Gasteiger partial charge on any atom is -0.340 e. The van der Waals surface area contributed by atoms with Gasteiger partial charge in [-0.3, -0.25) is 14.7 Å². The number of nitrogens with zero attached hydrogens (tertiary/aromatic N) is 3. The van der Waals surface area contributed by atoms with E-state index in [1.54, 1.807) is 6.20 Å². The maximum Gasteiger partial charge on any atom is 0.222 e. The average Bonchev–Trinajstić information content (AvgIpc) is 3.08. The van der Waals surface area contributed by atoms with Crippen LogP contribution in [0.25, 0.3) is 0 Å². The zero-order valence-electron chi connectivity index (χ0n) is 13.6. The molecule has 0 spiro atoms. The predicted octanol–water partition coefficient (Wildman–Crippen LogP) is 1.68. The second-order valence-electron chi connectivity index (χ2n) is 6.35. The molecule has 1 amide bonds. The fourth-order valence-corrected chi connectivity index (χ4v) is 3.36. The Labute approximate surface area is 144 Å². The largest absolute Gasteiger partial charge is 0.340 e. The van der Waals surface area contributed by atoms with Gasteiger partial charge in [0.05, 0.1) is 0 Å². The second-order valence-corrected chi connectivity index (χ2v) is 6.35. The van der Waals surface area contributed by atoms with Crippen molar-refractivity contribution in [2.45, 2.75) is 38.3 Å². The van der Waals surface area contributed by atoms with E-state index < -0.39 is 0 Å². The summed E-state index contributed by atoms with van der Waals surface area (Å²) in [6, 6.07) is 4.65. The molecule has 2 saturated heterocycles. The Kier molecular flexibility index (Phi) is 7.27. The first-order chi connectivity index (χ1) is 10.8. The van der Waals surface area contributed by atoms with Crippen molar-refractivity contribution in [3.8, 4) is 0 Å². The number of pyridine rings is 1. The smallest absolute Gasteiger partial charge is 0.222 e. The van der Waals surface area contributed by atoms with Crippen molar-refractivity contribution < 1.29 is 4.79 Å². The van der Waals surface area contributed by atoms with Gasteiger partial charge in [0.1, 0.15) is 0 Å². The fourth-order valence-electron chi connectivity index (χ4n) is 3.36. The Hall–Kier alpha value is -1.17. The number of halogens is 1. The fraction of sp³-hybridized carbons (Fsp3) is 0.647. The van der Waals surface area contributed by atoms with Crippen molar-refractivity contribution in [3.05, 3.63) is 30.1 Å². The quantitative estimate of drug-likeness (QED) is 0.887. The van der Waals surface area contributed by atoms with Crippen LogP contribution in [0.15, 0.2) is 24.5 Å². The molecule has 0 bridgehead atoms. The van der Waals surface area contributed by atoms with E-state index in [2.05, 4.69) is 21.3 Å². The van der Waals surface area contributed by atoms with Crippen LogP contribution >= 0.6 is 12.4 Å². The Bertz CT molecular complexity index is 471. The standard InChI is InChI=1S/C17H26N4O.ClH/c22-17(6-5-16-4-2-8-19-16)21-11-9-20(10-12-21)14-15-3-1-7-18-13-15;/h1,3,7,13,16,19H,2,4-6,8-12,14H2;1H. The number of nitrogens with one attached hydrogen (secondary N) is 1. The Balaban J connectivity index is 0.00000192. The molecule has 1 N–H and O–H groups in total. The summed E-state index contributed by atoms with van der Waals surface area (Å²) in [6.45, 7) is 5.69. The first-order valence-corrected chi connectivity index (χ1v) is 8.44. The molecule has 3 rings (SSSR count). The Morgan fingerprint density at radius 3 is 2.78 bits per heavy atom. The molecule has 0 aromatic carbocycles. The molecule has 128 valence electrons. The molecule has 1 atom stereocenters. The van der Waals surface area contributed by atoms with Gasteiger partial charge in [0, 0.05) is 57.6 Å². The molecule has 2 aliphatic rings. The van der Waals surface area contributed by atoms with E-state index in [-0.39, 0.29) is 12.4 Å². The van der Waals surface area contributed by atoms with Crippen LogP contribution in [0, 0.1) is 0 Å². The third-order valence-corrected chi connectivity index (χ3v) is 4.72. The molecule has 0 saturated carbocycles. The van der Waals surface area contributed by atoms with E-state index >= 15 is 0 Å². The maximum absolute atomic E-state index is 12.3. The number of carbonyl (C=O) groups is 1. The summed E-state index contributed by atoms with van der Waals surface area (Å²) in [5.74, 6) is 0.328. The number of carbonyl (C=O) groups excluding carboxylic acids is 1. The van der Waals surface area contributed by atoms with Gasteiger partial charge in [-0.15, -0.1) is 12.4 Å².